The van der Waals surface area contributed by atoms with Crippen LogP contribution in [0.5, 0.6) is 0 Å². The molecule has 260 valence electrons. The van der Waals surface area contributed by atoms with E-state index in [2.05, 4.69) is 183 Å². The topological polar surface area (TPSA) is 25.8 Å². The first kappa shape index (κ1) is 32.9. The maximum absolute atomic E-state index is 5.06. The lowest BCUT2D eigenvalue weighted by Gasteiger charge is -2.32. The molecule has 2 heterocycles. The molecule has 0 saturated heterocycles. The summed E-state index contributed by atoms with van der Waals surface area (Å²) in [4.78, 5) is 10.1. The van der Waals surface area contributed by atoms with Crippen molar-refractivity contribution in [2.75, 3.05) is 0 Å². The van der Waals surface area contributed by atoms with Gasteiger partial charge in [-0.2, -0.15) is 0 Å². The lowest BCUT2D eigenvalue weighted by molar-refractivity contribution is 0.730. The van der Waals surface area contributed by atoms with E-state index in [0.717, 1.165) is 28.1 Å². The molecule has 0 amide bonds. The molecule has 3 heteroatoms. The fraction of sp³-hybridized carbons (Fsp3) is 0.0385. The van der Waals surface area contributed by atoms with Crippen molar-refractivity contribution in [2.24, 2.45) is 0 Å². The van der Waals surface area contributed by atoms with Crippen LogP contribution in [0.2, 0.25) is 0 Å². The van der Waals surface area contributed by atoms with Crippen LogP contribution in [0.3, 0.4) is 0 Å². The summed E-state index contributed by atoms with van der Waals surface area (Å²) >= 11 is 1.85. The standard InChI is InChI=1S/C52H36N2S/c1-3-39-40(4-2)44-28-26-37(30-45(44)43-19-12-11-18-42(39)43)38-27-29-49-46(31-38)51-41(20-13-21-50(51)55-49)33-22-24-36(25-23-33)52-53-47(34-14-7-5-8-15-34)32-48(54-52)35-16-9-6-10-17-35/h3-32,39-40H,1-2H2. The van der Waals surface area contributed by atoms with Crippen molar-refractivity contribution in [1.29, 1.82) is 0 Å². The zero-order chi connectivity index (χ0) is 36.9. The summed E-state index contributed by atoms with van der Waals surface area (Å²) in [6, 6.07) is 60.8. The number of aromatic nitrogens is 2. The average Bonchev–Trinajstić information content (AvgIpc) is 3.64. The maximum atomic E-state index is 5.06. The van der Waals surface area contributed by atoms with Gasteiger partial charge in [0, 0.05) is 48.7 Å². The molecular formula is C52H36N2S. The van der Waals surface area contributed by atoms with Gasteiger partial charge in [0.1, 0.15) is 0 Å². The van der Waals surface area contributed by atoms with Gasteiger partial charge in [-0.3, -0.25) is 0 Å². The number of allylic oxidation sites excluding steroid dienone is 2. The molecule has 7 aromatic carbocycles. The van der Waals surface area contributed by atoms with E-state index in [0.29, 0.717) is 5.82 Å². The summed E-state index contributed by atoms with van der Waals surface area (Å²) in [7, 11) is 0. The van der Waals surface area contributed by atoms with Crippen molar-refractivity contribution >= 4 is 31.5 Å². The van der Waals surface area contributed by atoms with Gasteiger partial charge >= 0.3 is 0 Å². The number of hydrogen-bond donors (Lipinski definition) is 0. The van der Waals surface area contributed by atoms with Crippen LogP contribution in [0.25, 0.3) is 87.5 Å². The van der Waals surface area contributed by atoms with Crippen molar-refractivity contribution in [3.63, 3.8) is 0 Å². The lowest BCUT2D eigenvalue weighted by atomic mass is 9.71. The minimum absolute atomic E-state index is 0.193. The first-order valence-corrected chi connectivity index (χ1v) is 19.5. The molecule has 10 rings (SSSR count). The Hall–Kier alpha value is -6.68. The Morgan fingerprint density at radius 1 is 0.418 bits per heavy atom. The quantitative estimate of drug-likeness (QED) is 0.153. The van der Waals surface area contributed by atoms with Crippen LogP contribution >= 0.6 is 11.3 Å². The van der Waals surface area contributed by atoms with E-state index < -0.39 is 0 Å². The van der Waals surface area contributed by atoms with Crippen molar-refractivity contribution in [3.05, 3.63) is 206 Å². The third-order valence-corrected chi connectivity index (χ3v) is 12.2. The molecule has 1 aliphatic rings. The van der Waals surface area contributed by atoms with E-state index in [1.54, 1.807) is 0 Å². The van der Waals surface area contributed by atoms with Gasteiger partial charge in [0.25, 0.3) is 0 Å². The molecule has 9 aromatic rings. The highest BCUT2D eigenvalue weighted by molar-refractivity contribution is 7.26. The SMILES string of the molecule is C=CC1c2ccccc2-c2cc(-c3ccc4sc5cccc(-c6ccc(-c7nc(-c8ccccc8)cc(-c8ccccc8)n7)cc6)c5c4c3)ccc2C1C=C. The fourth-order valence-corrected chi connectivity index (χ4v) is 9.48. The molecular weight excluding hydrogens is 685 g/mol. The Kier molecular flexibility index (Phi) is 8.16. The molecule has 2 unspecified atom stereocenters. The van der Waals surface area contributed by atoms with E-state index in [1.807, 2.05) is 23.5 Å². The largest absolute Gasteiger partial charge is 0.228 e. The normalized spacial score (nSPS) is 14.7. The minimum atomic E-state index is 0.193. The molecule has 0 aliphatic heterocycles. The highest BCUT2D eigenvalue weighted by Crippen LogP contribution is 2.49. The smallest absolute Gasteiger partial charge is 0.160 e. The average molecular weight is 721 g/mol. The van der Waals surface area contributed by atoms with Gasteiger partial charge in [0.05, 0.1) is 11.4 Å². The Morgan fingerprint density at radius 3 is 1.67 bits per heavy atom. The Labute approximate surface area is 325 Å². The van der Waals surface area contributed by atoms with E-state index in [-0.39, 0.29) is 11.8 Å². The molecule has 0 saturated carbocycles. The minimum Gasteiger partial charge on any atom is -0.228 e. The van der Waals surface area contributed by atoms with E-state index in [4.69, 9.17) is 9.97 Å². The molecule has 2 aromatic heterocycles. The van der Waals surface area contributed by atoms with Gasteiger partial charge in [-0.1, -0.05) is 152 Å². The van der Waals surface area contributed by atoms with Crippen molar-refractivity contribution in [1.82, 2.24) is 9.97 Å². The van der Waals surface area contributed by atoms with Crippen LogP contribution in [0.4, 0.5) is 0 Å². The first-order chi connectivity index (χ1) is 27.2. The predicted molar refractivity (Wildman–Crippen MR) is 233 cm³/mol. The lowest BCUT2D eigenvalue weighted by Crippen LogP contribution is -2.14. The van der Waals surface area contributed by atoms with Crippen molar-refractivity contribution < 1.29 is 0 Å². The number of nitrogens with zero attached hydrogens (tertiary/aromatic N) is 2. The molecule has 0 spiro atoms. The number of hydrogen-bond acceptors (Lipinski definition) is 3. The fourth-order valence-electron chi connectivity index (χ4n) is 8.36. The summed E-state index contributed by atoms with van der Waals surface area (Å²) in [6.07, 6.45) is 4.15. The number of thiophene rings is 1. The molecule has 0 radical (unpaired) electrons. The highest BCUT2D eigenvalue weighted by Gasteiger charge is 2.30. The van der Waals surface area contributed by atoms with E-state index >= 15 is 0 Å². The van der Waals surface area contributed by atoms with Crippen LogP contribution in [-0.4, -0.2) is 9.97 Å². The van der Waals surface area contributed by atoms with Crippen molar-refractivity contribution in [3.8, 4) is 67.3 Å². The summed E-state index contributed by atoms with van der Waals surface area (Å²) in [6.45, 7) is 8.41. The van der Waals surface area contributed by atoms with Crippen LogP contribution in [0, 0.1) is 0 Å². The number of benzene rings is 7. The zero-order valence-electron chi connectivity index (χ0n) is 30.2. The summed E-state index contributed by atoms with van der Waals surface area (Å²) in [5, 5.41) is 2.56. The second-order valence-corrected chi connectivity index (χ2v) is 15.3. The zero-order valence-corrected chi connectivity index (χ0v) is 31.0. The molecule has 0 bridgehead atoms. The molecule has 2 nitrogen and oxygen atoms in total. The summed E-state index contributed by atoms with van der Waals surface area (Å²) in [5.41, 5.74) is 14.9. The van der Waals surface area contributed by atoms with Gasteiger partial charge in [0.15, 0.2) is 5.82 Å². The Bertz CT molecular complexity index is 2850. The predicted octanol–water partition coefficient (Wildman–Crippen LogP) is 14.4. The third kappa shape index (κ3) is 5.72. The Morgan fingerprint density at radius 2 is 0.982 bits per heavy atom. The van der Waals surface area contributed by atoms with Crippen molar-refractivity contribution in [2.45, 2.75) is 11.8 Å². The van der Waals surface area contributed by atoms with E-state index in [1.165, 1.54) is 64.7 Å². The molecule has 2 atom stereocenters. The van der Waals surface area contributed by atoms with Crippen LogP contribution in [0.1, 0.15) is 23.0 Å². The van der Waals surface area contributed by atoms with Gasteiger partial charge in [-0.25, -0.2) is 9.97 Å². The number of rotatable bonds is 7. The van der Waals surface area contributed by atoms with Gasteiger partial charge in [0.2, 0.25) is 0 Å². The van der Waals surface area contributed by atoms with Crippen LogP contribution in [0.15, 0.2) is 195 Å². The second kappa shape index (κ2) is 13.6. The molecule has 0 N–H and O–H groups in total. The first-order valence-electron chi connectivity index (χ1n) is 18.7. The van der Waals surface area contributed by atoms with Crippen LogP contribution in [-0.2, 0) is 0 Å². The monoisotopic (exact) mass is 720 g/mol. The van der Waals surface area contributed by atoms with Crippen LogP contribution < -0.4 is 0 Å². The van der Waals surface area contributed by atoms with E-state index in [9.17, 15) is 0 Å². The van der Waals surface area contributed by atoms with Gasteiger partial charge in [-0.05, 0) is 74.8 Å². The Balaban J connectivity index is 1.05. The summed E-state index contributed by atoms with van der Waals surface area (Å²) in [5.74, 6) is 1.12. The van der Waals surface area contributed by atoms with Gasteiger partial charge in [-0.15, -0.1) is 24.5 Å². The van der Waals surface area contributed by atoms with Gasteiger partial charge < -0.3 is 0 Å². The third-order valence-electron chi connectivity index (χ3n) is 11.1. The second-order valence-electron chi connectivity index (χ2n) is 14.2. The highest BCUT2D eigenvalue weighted by atomic mass is 32.1. The molecule has 1 aliphatic carbocycles. The number of fused-ring (bicyclic) bond motifs is 6. The maximum Gasteiger partial charge on any atom is 0.160 e. The summed E-state index contributed by atoms with van der Waals surface area (Å²) < 4.78 is 2.56. The molecule has 0 fully saturated rings. The molecule has 55 heavy (non-hydrogen) atoms.